The number of amides is 2. The number of furan rings is 1. The second-order valence-corrected chi connectivity index (χ2v) is 6.97. The van der Waals surface area contributed by atoms with E-state index in [1.54, 1.807) is 24.3 Å². The van der Waals surface area contributed by atoms with E-state index in [1.165, 1.54) is 42.5 Å². The van der Waals surface area contributed by atoms with Crippen molar-refractivity contribution in [2.45, 2.75) is 0 Å². The van der Waals surface area contributed by atoms with Gasteiger partial charge >= 0.3 is 0 Å². The lowest BCUT2D eigenvalue weighted by atomic mass is 10.1. The number of halogens is 1. The second-order valence-electron chi connectivity index (χ2n) is 5.97. The van der Waals surface area contributed by atoms with Gasteiger partial charge in [-0.2, -0.15) is 0 Å². The summed E-state index contributed by atoms with van der Waals surface area (Å²) in [6.07, 6.45) is 1.40. The molecule has 4 rings (SSSR count). The van der Waals surface area contributed by atoms with Gasteiger partial charge in [0.25, 0.3) is 16.8 Å². The molecule has 9 heteroatoms. The molecular weight excluding hydrogens is 399 g/mol. The standard InChI is InChI=1S/C20H11FN2O5S/c21-15-3-1-2-4-16(15)22-19(24)18(29-20(22)25)11-14-9-10-17(28-14)12-5-7-13(8-6-12)23(26)27/h1-11H/b18-11+. The van der Waals surface area contributed by atoms with E-state index < -0.39 is 21.9 Å². The van der Waals surface area contributed by atoms with Gasteiger partial charge in [0.05, 0.1) is 15.5 Å². The summed E-state index contributed by atoms with van der Waals surface area (Å²) >= 11 is 0.687. The SMILES string of the molecule is O=C1S/C(=C/c2ccc(-c3ccc([N+](=O)[O-])cc3)o2)C(=O)N1c1ccccc1F. The molecule has 0 N–H and O–H groups in total. The molecule has 0 radical (unpaired) electrons. The topological polar surface area (TPSA) is 93.7 Å². The van der Waals surface area contributed by atoms with Crippen LogP contribution in [-0.4, -0.2) is 16.1 Å². The van der Waals surface area contributed by atoms with Crippen LogP contribution in [0, 0.1) is 15.9 Å². The number of nitrogens with zero attached hydrogens (tertiary/aromatic N) is 2. The Kier molecular flexibility index (Phi) is 4.73. The molecule has 1 aromatic heterocycles. The Morgan fingerprint density at radius 1 is 1.03 bits per heavy atom. The lowest BCUT2D eigenvalue weighted by molar-refractivity contribution is -0.384. The van der Waals surface area contributed by atoms with Gasteiger partial charge in [0.2, 0.25) is 0 Å². The lowest BCUT2D eigenvalue weighted by Gasteiger charge is -2.12. The maximum atomic E-state index is 14.0. The van der Waals surface area contributed by atoms with Gasteiger partial charge in [-0.25, -0.2) is 9.29 Å². The number of nitro groups is 1. The van der Waals surface area contributed by atoms with E-state index in [4.69, 9.17) is 4.42 Å². The van der Waals surface area contributed by atoms with Gasteiger partial charge in [0, 0.05) is 23.8 Å². The van der Waals surface area contributed by atoms with Crippen molar-refractivity contribution in [3.05, 3.63) is 87.3 Å². The number of rotatable bonds is 4. The monoisotopic (exact) mass is 410 g/mol. The van der Waals surface area contributed by atoms with E-state index in [2.05, 4.69) is 0 Å². The predicted octanol–water partition coefficient (Wildman–Crippen LogP) is 5.23. The number of carbonyl (C=O) groups is 2. The van der Waals surface area contributed by atoms with Crippen LogP contribution in [0.25, 0.3) is 17.4 Å². The summed E-state index contributed by atoms with van der Waals surface area (Å²) in [6.45, 7) is 0. The van der Waals surface area contributed by atoms with Crippen LogP contribution in [-0.2, 0) is 4.79 Å². The van der Waals surface area contributed by atoms with Crippen LogP contribution in [0.4, 0.5) is 20.6 Å². The smallest absolute Gasteiger partial charge is 0.298 e. The van der Waals surface area contributed by atoms with Crippen LogP contribution in [0.2, 0.25) is 0 Å². The first-order chi connectivity index (χ1) is 13.9. The van der Waals surface area contributed by atoms with Crippen molar-refractivity contribution >= 4 is 40.4 Å². The summed E-state index contributed by atoms with van der Waals surface area (Å²) < 4.78 is 19.6. The fraction of sp³-hybridized carbons (Fsp3) is 0. The molecule has 1 fully saturated rings. The molecule has 29 heavy (non-hydrogen) atoms. The number of carbonyl (C=O) groups excluding carboxylic acids is 2. The van der Waals surface area contributed by atoms with Gasteiger partial charge in [-0.05, 0) is 48.2 Å². The highest BCUT2D eigenvalue weighted by Gasteiger charge is 2.37. The summed E-state index contributed by atoms with van der Waals surface area (Å²) in [5.41, 5.74) is 0.474. The van der Waals surface area contributed by atoms with Gasteiger partial charge in [-0.3, -0.25) is 19.7 Å². The summed E-state index contributed by atoms with van der Waals surface area (Å²) in [4.78, 5) is 35.9. The highest BCUT2D eigenvalue weighted by Crippen LogP contribution is 2.37. The van der Waals surface area contributed by atoms with Crippen molar-refractivity contribution in [3.8, 4) is 11.3 Å². The van der Waals surface area contributed by atoms with Crippen molar-refractivity contribution in [1.29, 1.82) is 0 Å². The maximum absolute atomic E-state index is 14.0. The van der Waals surface area contributed by atoms with Crippen LogP contribution in [0.15, 0.2) is 70.0 Å². The van der Waals surface area contributed by atoms with Crippen molar-refractivity contribution in [2.24, 2.45) is 0 Å². The molecule has 0 bridgehead atoms. The summed E-state index contributed by atoms with van der Waals surface area (Å²) in [6, 6.07) is 14.6. The molecule has 2 aromatic carbocycles. The van der Waals surface area contributed by atoms with E-state index in [0.29, 0.717) is 28.8 Å². The summed E-state index contributed by atoms with van der Waals surface area (Å²) in [5.74, 6) is -0.551. The van der Waals surface area contributed by atoms with E-state index in [1.807, 2.05) is 0 Å². The Balaban J connectivity index is 1.59. The molecule has 0 unspecified atom stereocenters. The number of hydrogen-bond acceptors (Lipinski definition) is 6. The molecule has 1 saturated heterocycles. The van der Waals surface area contributed by atoms with Gasteiger partial charge in [0.1, 0.15) is 17.3 Å². The minimum absolute atomic E-state index is 0.0395. The quantitative estimate of drug-likeness (QED) is 0.332. The average Bonchev–Trinajstić information content (AvgIpc) is 3.27. The van der Waals surface area contributed by atoms with Crippen LogP contribution in [0.1, 0.15) is 5.76 Å². The molecule has 0 aliphatic carbocycles. The van der Waals surface area contributed by atoms with Gasteiger partial charge in [0.15, 0.2) is 0 Å². The number of non-ortho nitro benzene ring substituents is 1. The minimum atomic E-state index is -0.672. The molecule has 1 aliphatic heterocycles. The molecule has 0 saturated carbocycles. The molecule has 7 nitrogen and oxygen atoms in total. The van der Waals surface area contributed by atoms with Crippen molar-refractivity contribution in [1.82, 2.24) is 0 Å². The number of anilines is 1. The second kappa shape index (κ2) is 7.36. The lowest BCUT2D eigenvalue weighted by Crippen LogP contribution is -2.28. The minimum Gasteiger partial charge on any atom is -0.457 e. The van der Waals surface area contributed by atoms with Gasteiger partial charge in [-0.1, -0.05) is 12.1 Å². The van der Waals surface area contributed by atoms with Crippen molar-refractivity contribution in [2.75, 3.05) is 4.90 Å². The van der Waals surface area contributed by atoms with Gasteiger partial charge < -0.3 is 4.42 Å². The third kappa shape index (κ3) is 3.55. The Hall–Kier alpha value is -3.72. The van der Waals surface area contributed by atoms with Crippen LogP contribution >= 0.6 is 11.8 Å². The number of hydrogen-bond donors (Lipinski definition) is 0. The van der Waals surface area contributed by atoms with Crippen molar-refractivity contribution < 1.29 is 23.3 Å². The summed E-state index contributed by atoms with van der Waals surface area (Å²) in [7, 11) is 0. The molecule has 0 spiro atoms. The Morgan fingerprint density at radius 3 is 2.45 bits per heavy atom. The number of imide groups is 1. The Morgan fingerprint density at radius 2 is 1.76 bits per heavy atom. The zero-order chi connectivity index (χ0) is 20.5. The van der Waals surface area contributed by atoms with Crippen LogP contribution in [0.3, 0.4) is 0 Å². The molecule has 2 heterocycles. The fourth-order valence-electron chi connectivity index (χ4n) is 2.77. The van der Waals surface area contributed by atoms with E-state index >= 15 is 0 Å². The number of para-hydroxylation sites is 1. The fourth-order valence-corrected chi connectivity index (χ4v) is 3.59. The highest BCUT2D eigenvalue weighted by atomic mass is 32.2. The van der Waals surface area contributed by atoms with E-state index in [-0.39, 0.29) is 16.3 Å². The third-order valence-corrected chi connectivity index (χ3v) is 5.02. The Bertz CT molecular complexity index is 1170. The molecule has 2 amide bonds. The van der Waals surface area contributed by atoms with Crippen molar-refractivity contribution in [3.63, 3.8) is 0 Å². The highest BCUT2D eigenvalue weighted by molar-refractivity contribution is 8.19. The Labute approximate surface area is 167 Å². The molecular formula is C20H11FN2O5S. The third-order valence-electron chi connectivity index (χ3n) is 4.15. The zero-order valence-corrected chi connectivity index (χ0v) is 15.4. The molecule has 0 atom stereocenters. The number of nitro benzene ring substituents is 1. The molecule has 1 aliphatic rings. The molecule has 3 aromatic rings. The average molecular weight is 410 g/mol. The van der Waals surface area contributed by atoms with Crippen LogP contribution in [0.5, 0.6) is 0 Å². The first kappa shape index (κ1) is 18.6. The van der Waals surface area contributed by atoms with E-state index in [9.17, 15) is 24.1 Å². The number of thioether (sulfide) groups is 1. The summed E-state index contributed by atoms with van der Waals surface area (Å²) in [5, 5.41) is 10.1. The first-order valence-corrected chi connectivity index (χ1v) is 9.13. The van der Waals surface area contributed by atoms with E-state index in [0.717, 1.165) is 4.90 Å². The number of benzene rings is 2. The molecule has 144 valence electrons. The predicted molar refractivity (Wildman–Crippen MR) is 106 cm³/mol. The first-order valence-electron chi connectivity index (χ1n) is 8.31. The van der Waals surface area contributed by atoms with Gasteiger partial charge in [-0.15, -0.1) is 0 Å². The maximum Gasteiger partial charge on any atom is 0.298 e. The largest absolute Gasteiger partial charge is 0.457 e. The van der Waals surface area contributed by atoms with Crippen LogP contribution < -0.4 is 4.90 Å². The normalized spacial score (nSPS) is 15.3. The zero-order valence-electron chi connectivity index (χ0n) is 14.6.